The van der Waals surface area contributed by atoms with Crippen LogP contribution < -0.4 is 10.1 Å². The monoisotopic (exact) mass is 333 g/mol. The Morgan fingerprint density at radius 1 is 1.20 bits per heavy atom. The molecule has 0 radical (unpaired) electrons. The van der Waals surface area contributed by atoms with Gasteiger partial charge in [-0.1, -0.05) is 52.3 Å². The zero-order valence-electron chi connectivity index (χ0n) is 11.2. The molecule has 1 atom stereocenters. The van der Waals surface area contributed by atoms with E-state index in [1.165, 1.54) is 0 Å². The maximum Gasteiger partial charge on any atom is 0.258 e. The van der Waals surface area contributed by atoms with Crippen LogP contribution in [0.3, 0.4) is 0 Å². The molecule has 0 heterocycles. The molecule has 2 rings (SSSR count). The molecule has 3 nitrogen and oxygen atoms in total. The number of nitrogens with one attached hydrogen (secondary N) is 1. The maximum absolute atomic E-state index is 11.8. The molecule has 2 aromatic rings. The smallest absolute Gasteiger partial charge is 0.258 e. The van der Waals surface area contributed by atoms with Gasteiger partial charge in [-0.05, 0) is 30.7 Å². The van der Waals surface area contributed by atoms with Crippen molar-refractivity contribution in [2.24, 2.45) is 0 Å². The van der Waals surface area contributed by atoms with Crippen molar-refractivity contribution in [1.29, 1.82) is 0 Å². The van der Waals surface area contributed by atoms with E-state index in [0.717, 1.165) is 10.0 Å². The number of carbonyl (C=O) groups is 1. The third-order valence-electron chi connectivity index (χ3n) is 2.84. The molecule has 0 saturated heterocycles. The van der Waals surface area contributed by atoms with Crippen LogP contribution >= 0.6 is 15.9 Å². The second-order valence-electron chi connectivity index (χ2n) is 4.45. The SMILES string of the molecule is CC(NC(=O)COc1cccc(Br)c1)c1ccccc1. The lowest BCUT2D eigenvalue weighted by Crippen LogP contribution is -2.31. The van der Waals surface area contributed by atoms with Gasteiger partial charge in [0, 0.05) is 4.47 Å². The molecule has 0 aliphatic carbocycles. The van der Waals surface area contributed by atoms with E-state index in [0.29, 0.717) is 5.75 Å². The van der Waals surface area contributed by atoms with E-state index in [1.54, 1.807) is 0 Å². The second kappa shape index (κ2) is 7.10. The van der Waals surface area contributed by atoms with E-state index < -0.39 is 0 Å². The fraction of sp³-hybridized carbons (Fsp3) is 0.188. The van der Waals surface area contributed by atoms with Crippen LogP contribution in [0.15, 0.2) is 59.1 Å². The Morgan fingerprint density at radius 3 is 2.65 bits per heavy atom. The van der Waals surface area contributed by atoms with Gasteiger partial charge in [-0.3, -0.25) is 4.79 Å². The first-order valence-electron chi connectivity index (χ1n) is 6.38. The molecule has 0 spiro atoms. The quantitative estimate of drug-likeness (QED) is 0.905. The van der Waals surface area contributed by atoms with E-state index in [2.05, 4.69) is 21.2 Å². The van der Waals surface area contributed by atoms with Gasteiger partial charge >= 0.3 is 0 Å². The zero-order chi connectivity index (χ0) is 14.4. The highest BCUT2D eigenvalue weighted by Crippen LogP contribution is 2.17. The van der Waals surface area contributed by atoms with Crippen molar-refractivity contribution in [1.82, 2.24) is 5.32 Å². The van der Waals surface area contributed by atoms with E-state index in [9.17, 15) is 4.79 Å². The maximum atomic E-state index is 11.8. The van der Waals surface area contributed by atoms with E-state index in [-0.39, 0.29) is 18.6 Å². The van der Waals surface area contributed by atoms with Crippen LogP contribution in [0.2, 0.25) is 0 Å². The molecule has 104 valence electrons. The van der Waals surface area contributed by atoms with Crippen molar-refractivity contribution in [3.05, 3.63) is 64.6 Å². The van der Waals surface area contributed by atoms with Crippen LogP contribution in [0.5, 0.6) is 5.75 Å². The first-order chi connectivity index (χ1) is 9.65. The third-order valence-corrected chi connectivity index (χ3v) is 3.34. The van der Waals surface area contributed by atoms with Crippen molar-refractivity contribution in [2.45, 2.75) is 13.0 Å². The van der Waals surface area contributed by atoms with Crippen LogP contribution in [0.4, 0.5) is 0 Å². The lowest BCUT2D eigenvalue weighted by Gasteiger charge is -2.14. The Hall–Kier alpha value is -1.81. The van der Waals surface area contributed by atoms with Gasteiger partial charge in [0.1, 0.15) is 5.75 Å². The Kier molecular flexibility index (Phi) is 5.18. The number of amides is 1. The summed E-state index contributed by atoms with van der Waals surface area (Å²) in [4.78, 5) is 11.8. The molecule has 4 heteroatoms. The molecular weight excluding hydrogens is 318 g/mol. The van der Waals surface area contributed by atoms with Crippen LogP contribution in [-0.4, -0.2) is 12.5 Å². The van der Waals surface area contributed by atoms with E-state index in [1.807, 2.05) is 61.5 Å². The Labute approximate surface area is 127 Å². The number of hydrogen-bond acceptors (Lipinski definition) is 2. The number of benzene rings is 2. The predicted octanol–water partition coefficient (Wildman–Crippen LogP) is 3.71. The molecule has 2 aromatic carbocycles. The number of carbonyl (C=O) groups excluding carboxylic acids is 1. The van der Waals surface area contributed by atoms with Crippen molar-refractivity contribution in [3.63, 3.8) is 0 Å². The van der Waals surface area contributed by atoms with Crippen LogP contribution in [0, 0.1) is 0 Å². The van der Waals surface area contributed by atoms with Gasteiger partial charge in [0.25, 0.3) is 5.91 Å². The average Bonchev–Trinajstić information content (AvgIpc) is 2.46. The summed E-state index contributed by atoms with van der Waals surface area (Å²) in [5.41, 5.74) is 1.07. The standard InChI is InChI=1S/C16H16BrNO2/c1-12(13-6-3-2-4-7-13)18-16(19)11-20-15-9-5-8-14(17)10-15/h2-10,12H,11H2,1H3,(H,18,19). The van der Waals surface area contributed by atoms with Crippen LogP contribution in [0.1, 0.15) is 18.5 Å². The highest BCUT2D eigenvalue weighted by atomic mass is 79.9. The summed E-state index contributed by atoms with van der Waals surface area (Å²) in [5.74, 6) is 0.531. The average molecular weight is 334 g/mol. The molecule has 0 aromatic heterocycles. The van der Waals surface area contributed by atoms with Gasteiger partial charge in [0.2, 0.25) is 0 Å². The minimum atomic E-state index is -0.138. The molecular formula is C16H16BrNO2. The minimum Gasteiger partial charge on any atom is -0.484 e. The van der Waals surface area contributed by atoms with Gasteiger partial charge in [-0.15, -0.1) is 0 Å². The molecule has 1 N–H and O–H groups in total. The van der Waals surface area contributed by atoms with Crippen LogP contribution in [-0.2, 0) is 4.79 Å². The van der Waals surface area contributed by atoms with Gasteiger partial charge in [-0.2, -0.15) is 0 Å². The summed E-state index contributed by atoms with van der Waals surface area (Å²) in [7, 11) is 0. The molecule has 0 aliphatic rings. The summed E-state index contributed by atoms with van der Waals surface area (Å²) in [6, 6.07) is 17.2. The lowest BCUT2D eigenvalue weighted by atomic mass is 10.1. The molecule has 0 fully saturated rings. The van der Waals surface area contributed by atoms with Crippen molar-refractivity contribution >= 4 is 21.8 Å². The van der Waals surface area contributed by atoms with Crippen molar-refractivity contribution in [3.8, 4) is 5.75 Å². The van der Waals surface area contributed by atoms with Gasteiger partial charge in [-0.25, -0.2) is 0 Å². The molecule has 1 amide bonds. The largest absolute Gasteiger partial charge is 0.484 e. The normalized spacial score (nSPS) is 11.7. The number of hydrogen-bond donors (Lipinski definition) is 1. The van der Waals surface area contributed by atoms with Gasteiger partial charge in [0.15, 0.2) is 6.61 Å². The van der Waals surface area contributed by atoms with Gasteiger partial charge in [0.05, 0.1) is 6.04 Å². The summed E-state index contributed by atoms with van der Waals surface area (Å²) in [6.45, 7) is 1.96. The fourth-order valence-electron chi connectivity index (χ4n) is 1.81. The van der Waals surface area contributed by atoms with Crippen molar-refractivity contribution < 1.29 is 9.53 Å². The predicted molar refractivity (Wildman–Crippen MR) is 82.6 cm³/mol. The van der Waals surface area contributed by atoms with Gasteiger partial charge < -0.3 is 10.1 Å². The Morgan fingerprint density at radius 2 is 1.95 bits per heavy atom. The van der Waals surface area contributed by atoms with E-state index in [4.69, 9.17) is 4.74 Å². The Bertz CT molecular complexity index is 572. The number of rotatable bonds is 5. The molecule has 0 saturated carbocycles. The minimum absolute atomic E-state index is 0.00757. The first kappa shape index (κ1) is 14.6. The summed E-state index contributed by atoms with van der Waals surface area (Å²) in [6.07, 6.45) is 0. The summed E-state index contributed by atoms with van der Waals surface area (Å²) >= 11 is 3.36. The zero-order valence-corrected chi connectivity index (χ0v) is 12.8. The number of ether oxygens (including phenoxy) is 1. The molecule has 0 bridgehead atoms. The topological polar surface area (TPSA) is 38.3 Å². The molecule has 20 heavy (non-hydrogen) atoms. The molecule has 0 aliphatic heterocycles. The van der Waals surface area contributed by atoms with Crippen molar-refractivity contribution in [2.75, 3.05) is 6.61 Å². The fourth-order valence-corrected chi connectivity index (χ4v) is 2.19. The van der Waals surface area contributed by atoms with E-state index >= 15 is 0 Å². The summed E-state index contributed by atoms with van der Waals surface area (Å²) in [5, 5.41) is 2.91. The first-order valence-corrected chi connectivity index (χ1v) is 7.17. The highest BCUT2D eigenvalue weighted by molar-refractivity contribution is 9.10. The third kappa shape index (κ3) is 4.38. The Balaban J connectivity index is 1.84. The van der Waals surface area contributed by atoms with Crippen LogP contribution in [0.25, 0.3) is 0 Å². The number of halogens is 1. The molecule has 1 unspecified atom stereocenters. The lowest BCUT2D eigenvalue weighted by molar-refractivity contribution is -0.123. The second-order valence-corrected chi connectivity index (χ2v) is 5.36. The highest BCUT2D eigenvalue weighted by Gasteiger charge is 2.09. The summed E-state index contributed by atoms with van der Waals surface area (Å²) < 4.78 is 6.37.